The lowest BCUT2D eigenvalue weighted by Gasteiger charge is -2.04. The summed E-state index contributed by atoms with van der Waals surface area (Å²) in [5, 5.41) is 9.92. The van der Waals surface area contributed by atoms with E-state index in [1.165, 1.54) is 18.2 Å². The first kappa shape index (κ1) is 11.3. The number of rotatable bonds is 3. The van der Waals surface area contributed by atoms with E-state index < -0.39 is 5.63 Å². The molecule has 88 valence electrons. The van der Waals surface area contributed by atoms with Crippen LogP contribution >= 0.6 is 0 Å². The number of hydrogen-bond acceptors (Lipinski definition) is 5. The van der Waals surface area contributed by atoms with Gasteiger partial charge in [0.1, 0.15) is 11.3 Å². The molecule has 5 heteroatoms. The van der Waals surface area contributed by atoms with Gasteiger partial charge in [0.2, 0.25) is 0 Å². The smallest absolute Gasteiger partial charge is 0.336 e. The molecular weight excluding hydrogens is 222 g/mol. The molecule has 5 nitrogen and oxygen atoms in total. The molecule has 1 aromatic heterocycles. The predicted molar refractivity (Wildman–Crippen MR) is 61.9 cm³/mol. The van der Waals surface area contributed by atoms with Crippen molar-refractivity contribution in [1.82, 2.24) is 0 Å². The van der Waals surface area contributed by atoms with Crippen LogP contribution in [0, 0.1) is 0 Å². The Morgan fingerprint density at radius 3 is 2.82 bits per heavy atom. The lowest BCUT2D eigenvalue weighted by molar-refractivity contribution is -0.117. The fourth-order valence-corrected chi connectivity index (χ4v) is 1.65. The maximum atomic E-state index is 11.3. The molecule has 0 bridgehead atoms. The lowest BCUT2D eigenvalue weighted by atomic mass is 10.0. The van der Waals surface area contributed by atoms with Crippen molar-refractivity contribution in [2.45, 2.75) is 6.42 Å². The Kier molecular flexibility index (Phi) is 2.93. The molecule has 0 amide bonds. The van der Waals surface area contributed by atoms with Crippen LogP contribution in [-0.4, -0.2) is 17.4 Å². The van der Waals surface area contributed by atoms with Crippen LogP contribution in [0.5, 0.6) is 5.75 Å². The van der Waals surface area contributed by atoms with E-state index >= 15 is 0 Å². The standard InChI is InChI=1S/C12H11NO4/c13-6-9(15)3-7-4-12(16)17-11-5-8(14)1-2-10(7)11/h1-2,4-5,14H,3,6,13H2. The van der Waals surface area contributed by atoms with Gasteiger partial charge >= 0.3 is 5.63 Å². The van der Waals surface area contributed by atoms with Gasteiger partial charge in [-0.15, -0.1) is 0 Å². The summed E-state index contributed by atoms with van der Waals surface area (Å²) in [5.41, 5.74) is 5.51. The third-order valence-electron chi connectivity index (χ3n) is 2.43. The number of carbonyl (C=O) groups excluding carboxylic acids is 1. The molecule has 2 rings (SSSR count). The van der Waals surface area contributed by atoms with Crippen molar-refractivity contribution in [1.29, 1.82) is 0 Å². The Hall–Kier alpha value is -2.14. The van der Waals surface area contributed by atoms with Gasteiger partial charge in [-0.1, -0.05) is 0 Å². The van der Waals surface area contributed by atoms with Gasteiger partial charge < -0.3 is 15.3 Å². The number of carbonyl (C=O) groups is 1. The average Bonchev–Trinajstić information content (AvgIpc) is 2.27. The number of fused-ring (bicyclic) bond motifs is 1. The zero-order valence-corrected chi connectivity index (χ0v) is 8.97. The molecule has 0 aliphatic carbocycles. The van der Waals surface area contributed by atoms with Crippen LogP contribution in [0.4, 0.5) is 0 Å². The molecule has 0 atom stereocenters. The molecular formula is C12H11NO4. The monoisotopic (exact) mass is 233 g/mol. The van der Waals surface area contributed by atoms with E-state index in [0.717, 1.165) is 0 Å². The van der Waals surface area contributed by atoms with E-state index in [0.29, 0.717) is 10.9 Å². The number of benzene rings is 1. The molecule has 0 aliphatic rings. The molecule has 0 spiro atoms. The van der Waals surface area contributed by atoms with E-state index in [1.807, 2.05) is 0 Å². The minimum absolute atomic E-state index is 0.00273. The Morgan fingerprint density at radius 2 is 2.12 bits per heavy atom. The number of Topliss-reactive ketones (excluding diaryl/α,β-unsaturated/α-hetero) is 1. The Bertz CT molecular complexity index is 630. The highest BCUT2D eigenvalue weighted by atomic mass is 16.4. The van der Waals surface area contributed by atoms with Crippen molar-refractivity contribution in [3.8, 4) is 5.75 Å². The number of ketones is 1. The topological polar surface area (TPSA) is 93.5 Å². The lowest BCUT2D eigenvalue weighted by Crippen LogP contribution is -2.16. The SMILES string of the molecule is NCC(=O)Cc1cc(=O)oc2cc(O)ccc12. The molecule has 0 saturated heterocycles. The average molecular weight is 233 g/mol. The van der Waals surface area contributed by atoms with Crippen LogP contribution in [0.2, 0.25) is 0 Å². The van der Waals surface area contributed by atoms with E-state index in [9.17, 15) is 14.7 Å². The van der Waals surface area contributed by atoms with Crippen molar-refractivity contribution >= 4 is 16.8 Å². The minimum atomic E-state index is -0.553. The fraction of sp³-hybridized carbons (Fsp3) is 0.167. The number of phenolic OH excluding ortho intramolecular Hbond substituents is 1. The molecule has 0 fully saturated rings. The molecule has 3 N–H and O–H groups in total. The molecule has 17 heavy (non-hydrogen) atoms. The third-order valence-corrected chi connectivity index (χ3v) is 2.43. The molecule has 0 saturated carbocycles. The second-order valence-electron chi connectivity index (χ2n) is 3.69. The molecule has 1 heterocycles. The molecule has 2 aromatic rings. The first-order valence-corrected chi connectivity index (χ1v) is 5.07. The Morgan fingerprint density at radius 1 is 1.35 bits per heavy atom. The van der Waals surface area contributed by atoms with Crippen molar-refractivity contribution in [2.75, 3.05) is 6.54 Å². The summed E-state index contributed by atoms with van der Waals surface area (Å²) >= 11 is 0. The summed E-state index contributed by atoms with van der Waals surface area (Å²) in [6.45, 7) is -0.0696. The fourth-order valence-electron chi connectivity index (χ4n) is 1.65. The summed E-state index contributed by atoms with van der Waals surface area (Å²) in [4.78, 5) is 22.6. The highest BCUT2D eigenvalue weighted by Crippen LogP contribution is 2.22. The number of nitrogens with two attached hydrogens (primary N) is 1. The normalized spacial score (nSPS) is 10.6. The van der Waals surface area contributed by atoms with Gasteiger partial charge in [-0.3, -0.25) is 4.79 Å². The van der Waals surface area contributed by atoms with Crippen molar-refractivity contribution in [2.24, 2.45) is 5.73 Å². The highest BCUT2D eigenvalue weighted by Gasteiger charge is 2.09. The first-order valence-electron chi connectivity index (χ1n) is 5.07. The summed E-state index contributed by atoms with van der Waals surface area (Å²) in [7, 11) is 0. The van der Waals surface area contributed by atoms with E-state index in [4.69, 9.17) is 10.2 Å². The summed E-state index contributed by atoms with van der Waals surface area (Å²) in [6, 6.07) is 5.69. The molecule has 0 aliphatic heterocycles. The minimum Gasteiger partial charge on any atom is -0.508 e. The number of phenols is 1. The molecule has 1 aromatic carbocycles. The zero-order valence-electron chi connectivity index (χ0n) is 8.97. The van der Waals surface area contributed by atoms with Crippen LogP contribution in [0.3, 0.4) is 0 Å². The van der Waals surface area contributed by atoms with E-state index in [1.54, 1.807) is 6.07 Å². The van der Waals surface area contributed by atoms with Crippen LogP contribution in [0.1, 0.15) is 5.56 Å². The van der Waals surface area contributed by atoms with Crippen molar-refractivity contribution < 1.29 is 14.3 Å². The van der Waals surface area contributed by atoms with Gasteiger partial charge in [0.15, 0.2) is 5.78 Å². The third kappa shape index (κ3) is 2.34. The van der Waals surface area contributed by atoms with Crippen LogP contribution in [0.15, 0.2) is 33.5 Å². The van der Waals surface area contributed by atoms with Gasteiger partial charge in [0, 0.05) is 23.9 Å². The van der Waals surface area contributed by atoms with Gasteiger partial charge in [0.25, 0.3) is 0 Å². The number of hydrogen-bond donors (Lipinski definition) is 2. The van der Waals surface area contributed by atoms with Crippen LogP contribution < -0.4 is 11.4 Å². The largest absolute Gasteiger partial charge is 0.508 e. The number of aromatic hydroxyl groups is 1. The molecule has 0 unspecified atom stereocenters. The Balaban J connectivity index is 2.61. The van der Waals surface area contributed by atoms with Gasteiger partial charge in [-0.25, -0.2) is 4.79 Å². The summed E-state index contributed by atoms with van der Waals surface area (Å²) in [5.74, 6) is -0.159. The van der Waals surface area contributed by atoms with Gasteiger partial charge in [-0.2, -0.15) is 0 Å². The highest BCUT2D eigenvalue weighted by molar-refractivity contribution is 5.89. The second-order valence-corrected chi connectivity index (χ2v) is 3.69. The van der Waals surface area contributed by atoms with Crippen molar-refractivity contribution in [3.05, 3.63) is 40.2 Å². The van der Waals surface area contributed by atoms with Gasteiger partial charge in [-0.05, 0) is 17.7 Å². The summed E-state index contributed by atoms with van der Waals surface area (Å²) in [6.07, 6.45) is 0.0867. The van der Waals surface area contributed by atoms with Crippen molar-refractivity contribution in [3.63, 3.8) is 0 Å². The summed E-state index contributed by atoms with van der Waals surface area (Å²) < 4.78 is 4.94. The predicted octanol–water partition coefficient (Wildman–Crippen LogP) is 0.569. The van der Waals surface area contributed by atoms with Crippen LogP contribution in [-0.2, 0) is 11.2 Å². The van der Waals surface area contributed by atoms with Crippen LogP contribution in [0.25, 0.3) is 11.0 Å². The quantitative estimate of drug-likeness (QED) is 0.756. The first-order chi connectivity index (χ1) is 8.10. The van der Waals surface area contributed by atoms with E-state index in [-0.39, 0.29) is 30.1 Å². The van der Waals surface area contributed by atoms with Gasteiger partial charge in [0.05, 0.1) is 6.54 Å². The molecule has 0 radical (unpaired) electrons. The Labute approximate surface area is 96.5 Å². The maximum Gasteiger partial charge on any atom is 0.336 e. The second kappa shape index (κ2) is 4.39. The van der Waals surface area contributed by atoms with E-state index in [2.05, 4.69) is 0 Å². The maximum absolute atomic E-state index is 11.3. The zero-order chi connectivity index (χ0) is 12.4.